The smallest absolute Gasteiger partial charge is 0.352 e. The van der Waals surface area contributed by atoms with Gasteiger partial charge in [-0.3, -0.25) is 0 Å². The number of aromatic carboxylic acids is 1. The molecule has 1 aromatic carbocycles. The third-order valence-electron chi connectivity index (χ3n) is 2.55. The summed E-state index contributed by atoms with van der Waals surface area (Å²) in [5, 5.41) is 9.30. The van der Waals surface area contributed by atoms with Crippen LogP contribution in [0.1, 0.15) is 10.5 Å². The number of carboxylic acids is 1. The lowest BCUT2D eigenvalue weighted by Gasteiger charge is -2.07. The first-order valence-electron chi connectivity index (χ1n) is 4.85. The van der Waals surface area contributed by atoms with Gasteiger partial charge in [-0.25, -0.2) is 9.18 Å². The second kappa shape index (κ2) is 4.22. The van der Waals surface area contributed by atoms with Gasteiger partial charge in [-0.2, -0.15) is 0 Å². The molecule has 0 aliphatic rings. The molecule has 0 saturated carbocycles. The Morgan fingerprint density at radius 2 is 2.06 bits per heavy atom. The average molecular weight is 254 g/mol. The van der Waals surface area contributed by atoms with Crippen molar-refractivity contribution in [2.45, 2.75) is 0 Å². The van der Waals surface area contributed by atoms with Crippen molar-refractivity contribution in [3.8, 4) is 11.3 Å². The molecule has 1 heterocycles. The highest BCUT2D eigenvalue weighted by Crippen LogP contribution is 2.29. The number of carboxylic acid groups (broad SMARTS) is 1. The van der Waals surface area contributed by atoms with E-state index in [9.17, 15) is 9.18 Å². The van der Waals surface area contributed by atoms with Gasteiger partial charge in [-0.1, -0.05) is 11.6 Å². The fraction of sp³-hybridized carbons (Fsp3) is 0.0833. The molecule has 2 rings (SSSR count). The number of carbonyl (C=O) groups is 1. The molecule has 0 fully saturated rings. The minimum Gasteiger partial charge on any atom is -0.477 e. The molecule has 0 saturated heterocycles. The largest absolute Gasteiger partial charge is 0.477 e. The van der Waals surface area contributed by atoms with Crippen molar-refractivity contribution in [2.24, 2.45) is 7.05 Å². The minimum atomic E-state index is -1.04. The van der Waals surface area contributed by atoms with E-state index in [1.54, 1.807) is 13.1 Å². The van der Waals surface area contributed by atoms with Crippen LogP contribution in [0.5, 0.6) is 0 Å². The fourth-order valence-electron chi connectivity index (χ4n) is 1.69. The first-order valence-corrected chi connectivity index (χ1v) is 5.23. The van der Waals surface area contributed by atoms with Crippen LogP contribution in [0.2, 0.25) is 5.02 Å². The van der Waals surface area contributed by atoms with E-state index in [4.69, 9.17) is 16.7 Å². The molecule has 17 heavy (non-hydrogen) atoms. The monoisotopic (exact) mass is 253 g/mol. The highest BCUT2D eigenvalue weighted by atomic mass is 35.5. The molecule has 1 N–H and O–H groups in total. The van der Waals surface area contributed by atoms with Gasteiger partial charge in [-0.15, -0.1) is 0 Å². The van der Waals surface area contributed by atoms with Gasteiger partial charge in [-0.05, 0) is 30.3 Å². The quantitative estimate of drug-likeness (QED) is 0.893. The maximum absolute atomic E-state index is 13.1. The Balaban J connectivity index is 2.61. The normalized spacial score (nSPS) is 10.5. The number of rotatable bonds is 2. The molecule has 0 atom stereocenters. The van der Waals surface area contributed by atoms with Crippen molar-refractivity contribution in [3.05, 3.63) is 46.9 Å². The summed E-state index contributed by atoms with van der Waals surface area (Å²) in [7, 11) is 1.60. The van der Waals surface area contributed by atoms with E-state index in [-0.39, 0.29) is 5.69 Å². The first kappa shape index (κ1) is 11.7. The van der Waals surface area contributed by atoms with Crippen molar-refractivity contribution in [2.75, 3.05) is 0 Å². The maximum Gasteiger partial charge on any atom is 0.352 e. The second-order valence-corrected chi connectivity index (χ2v) is 4.00. The maximum atomic E-state index is 13.1. The van der Waals surface area contributed by atoms with Gasteiger partial charge in [0.2, 0.25) is 0 Å². The number of hydrogen-bond donors (Lipinski definition) is 1. The van der Waals surface area contributed by atoms with E-state index < -0.39 is 11.8 Å². The van der Waals surface area contributed by atoms with Crippen LogP contribution in [0, 0.1) is 5.82 Å². The zero-order valence-corrected chi connectivity index (χ0v) is 9.70. The zero-order chi connectivity index (χ0) is 12.6. The molecule has 1 aromatic heterocycles. The molecule has 3 nitrogen and oxygen atoms in total. The Morgan fingerprint density at radius 3 is 2.65 bits per heavy atom. The predicted octanol–water partition coefficient (Wildman–Crippen LogP) is 3.18. The van der Waals surface area contributed by atoms with Crippen molar-refractivity contribution in [1.82, 2.24) is 4.57 Å². The Bertz CT molecular complexity index is 592. The summed E-state index contributed by atoms with van der Waals surface area (Å²) in [6.07, 6.45) is 0. The Kier molecular flexibility index (Phi) is 2.90. The van der Waals surface area contributed by atoms with E-state index in [0.29, 0.717) is 16.3 Å². The fourth-order valence-corrected chi connectivity index (χ4v) is 1.90. The van der Waals surface area contributed by atoms with E-state index in [1.165, 1.54) is 28.8 Å². The summed E-state index contributed by atoms with van der Waals surface area (Å²) in [5.41, 5.74) is 1.16. The van der Waals surface area contributed by atoms with Gasteiger partial charge in [0.15, 0.2) is 0 Å². The molecule has 0 unspecified atom stereocenters. The summed E-state index contributed by atoms with van der Waals surface area (Å²) in [6.45, 7) is 0. The molecule has 0 bridgehead atoms. The van der Waals surface area contributed by atoms with Gasteiger partial charge in [0, 0.05) is 12.6 Å². The molecular formula is C12H9ClFNO2. The summed E-state index contributed by atoms with van der Waals surface area (Å²) in [6, 6.07) is 7.04. The van der Waals surface area contributed by atoms with E-state index in [2.05, 4.69) is 0 Å². The molecule has 0 aliphatic heterocycles. The van der Waals surface area contributed by atoms with Crippen LogP contribution in [0.4, 0.5) is 4.39 Å². The summed E-state index contributed by atoms with van der Waals surface area (Å²) in [5.74, 6) is -1.45. The van der Waals surface area contributed by atoms with Gasteiger partial charge in [0.25, 0.3) is 0 Å². The zero-order valence-electron chi connectivity index (χ0n) is 8.95. The SMILES string of the molecule is Cn1c(C(=O)O)ccc1-c1cc(F)ccc1Cl. The Morgan fingerprint density at radius 1 is 1.35 bits per heavy atom. The summed E-state index contributed by atoms with van der Waals surface area (Å²) >= 11 is 5.96. The molecular weight excluding hydrogens is 245 g/mol. The van der Waals surface area contributed by atoms with Gasteiger partial charge < -0.3 is 9.67 Å². The van der Waals surface area contributed by atoms with Crippen LogP contribution < -0.4 is 0 Å². The topological polar surface area (TPSA) is 42.2 Å². The molecule has 5 heteroatoms. The molecule has 0 aliphatic carbocycles. The second-order valence-electron chi connectivity index (χ2n) is 3.59. The number of aromatic nitrogens is 1. The van der Waals surface area contributed by atoms with Crippen LogP contribution in [-0.2, 0) is 7.05 Å². The first-order chi connectivity index (χ1) is 8.00. The highest BCUT2D eigenvalue weighted by Gasteiger charge is 2.14. The van der Waals surface area contributed by atoms with Crippen molar-refractivity contribution < 1.29 is 14.3 Å². The van der Waals surface area contributed by atoms with Crippen molar-refractivity contribution in [1.29, 1.82) is 0 Å². The van der Waals surface area contributed by atoms with Crippen LogP contribution in [0.15, 0.2) is 30.3 Å². The standard InChI is InChI=1S/C12H9ClFNO2/c1-15-10(4-5-11(15)12(16)17)8-6-7(14)2-3-9(8)13/h2-6H,1H3,(H,16,17). The van der Waals surface area contributed by atoms with Crippen LogP contribution >= 0.6 is 11.6 Å². The minimum absolute atomic E-state index is 0.125. The van der Waals surface area contributed by atoms with Crippen molar-refractivity contribution >= 4 is 17.6 Å². The third-order valence-corrected chi connectivity index (χ3v) is 2.87. The third kappa shape index (κ3) is 2.03. The number of benzene rings is 1. The van der Waals surface area contributed by atoms with E-state index in [1.807, 2.05) is 0 Å². The lowest BCUT2D eigenvalue weighted by atomic mass is 10.1. The molecule has 88 valence electrons. The van der Waals surface area contributed by atoms with Crippen LogP contribution in [0.25, 0.3) is 11.3 Å². The van der Waals surface area contributed by atoms with Crippen LogP contribution in [0.3, 0.4) is 0 Å². The number of hydrogen-bond acceptors (Lipinski definition) is 1. The molecule has 0 spiro atoms. The van der Waals surface area contributed by atoms with E-state index in [0.717, 1.165) is 0 Å². The van der Waals surface area contributed by atoms with Gasteiger partial charge in [0.1, 0.15) is 11.5 Å². The van der Waals surface area contributed by atoms with Gasteiger partial charge in [0.05, 0.1) is 10.7 Å². The van der Waals surface area contributed by atoms with Crippen LogP contribution in [-0.4, -0.2) is 15.6 Å². The van der Waals surface area contributed by atoms with Gasteiger partial charge >= 0.3 is 5.97 Å². The molecule has 2 aromatic rings. The molecule has 0 radical (unpaired) electrons. The Hall–Kier alpha value is -1.81. The lowest BCUT2D eigenvalue weighted by Crippen LogP contribution is -2.05. The van der Waals surface area contributed by atoms with E-state index >= 15 is 0 Å². The summed E-state index contributed by atoms with van der Waals surface area (Å²) in [4.78, 5) is 10.9. The van der Waals surface area contributed by atoms with Crippen molar-refractivity contribution in [3.63, 3.8) is 0 Å². The average Bonchev–Trinajstić information content (AvgIpc) is 2.64. The predicted molar refractivity (Wildman–Crippen MR) is 62.8 cm³/mol. The number of halogens is 2. The highest BCUT2D eigenvalue weighted by molar-refractivity contribution is 6.33. The number of nitrogens with zero attached hydrogens (tertiary/aromatic N) is 1. The Labute approximate surface area is 102 Å². The molecule has 0 amide bonds. The lowest BCUT2D eigenvalue weighted by molar-refractivity contribution is 0.0687. The summed E-state index contributed by atoms with van der Waals surface area (Å²) < 4.78 is 14.6.